The number of benzene rings is 3. The Bertz CT molecular complexity index is 1170. The molecule has 0 saturated carbocycles. The zero-order valence-electron chi connectivity index (χ0n) is 18.5. The minimum atomic E-state index is -3.74. The summed E-state index contributed by atoms with van der Waals surface area (Å²) in [4.78, 5) is 14.0. The van der Waals surface area contributed by atoms with Crippen LogP contribution in [0, 0.1) is 13.8 Å². The average molecular weight is 455 g/mol. The van der Waals surface area contributed by atoms with Gasteiger partial charge in [-0.3, -0.25) is 9.52 Å². The molecule has 168 valence electrons. The van der Waals surface area contributed by atoms with Crippen LogP contribution in [0.4, 0.5) is 11.4 Å². The van der Waals surface area contributed by atoms with Crippen LogP contribution in [-0.2, 0) is 14.8 Å². The van der Waals surface area contributed by atoms with Gasteiger partial charge < -0.3 is 14.4 Å². The first kappa shape index (κ1) is 23.1. The maximum absolute atomic E-state index is 12.7. The van der Waals surface area contributed by atoms with E-state index in [0.717, 1.165) is 11.1 Å². The van der Waals surface area contributed by atoms with Gasteiger partial charge in [0.2, 0.25) is 0 Å². The highest BCUT2D eigenvalue weighted by Crippen LogP contribution is 2.22. The molecule has 0 fully saturated rings. The average Bonchev–Trinajstić information content (AvgIpc) is 2.76. The SMILES string of the molecule is COc1ccc(N(C)C(=O)COc2ccc(S(=O)(=O)Nc3cc(C)cc(C)c3)cc2)cc1. The molecule has 0 aliphatic rings. The van der Waals surface area contributed by atoms with Crippen LogP contribution < -0.4 is 19.1 Å². The number of nitrogens with one attached hydrogen (secondary N) is 1. The van der Waals surface area contributed by atoms with Crippen LogP contribution in [0.2, 0.25) is 0 Å². The number of aryl methyl sites for hydroxylation is 2. The lowest BCUT2D eigenvalue weighted by Gasteiger charge is -2.18. The normalized spacial score (nSPS) is 11.0. The highest BCUT2D eigenvalue weighted by Gasteiger charge is 2.16. The largest absolute Gasteiger partial charge is 0.497 e. The van der Waals surface area contributed by atoms with E-state index in [-0.39, 0.29) is 17.4 Å². The van der Waals surface area contributed by atoms with Crippen LogP contribution in [0.1, 0.15) is 11.1 Å². The Hall–Kier alpha value is -3.52. The molecule has 8 heteroatoms. The van der Waals surface area contributed by atoms with Crippen LogP contribution in [0.5, 0.6) is 11.5 Å². The van der Waals surface area contributed by atoms with Gasteiger partial charge in [0.25, 0.3) is 15.9 Å². The van der Waals surface area contributed by atoms with Gasteiger partial charge in [-0.15, -0.1) is 0 Å². The monoisotopic (exact) mass is 454 g/mol. The molecule has 0 aliphatic carbocycles. The summed E-state index contributed by atoms with van der Waals surface area (Å²) in [6.07, 6.45) is 0. The molecule has 0 aliphatic heterocycles. The number of anilines is 2. The van der Waals surface area contributed by atoms with Crippen LogP contribution in [-0.4, -0.2) is 35.1 Å². The lowest BCUT2D eigenvalue weighted by atomic mass is 10.1. The van der Waals surface area contributed by atoms with Crippen LogP contribution in [0.25, 0.3) is 0 Å². The first-order chi connectivity index (χ1) is 15.2. The Morgan fingerprint density at radius 2 is 1.47 bits per heavy atom. The number of amides is 1. The molecule has 0 heterocycles. The molecule has 0 atom stereocenters. The molecular weight excluding hydrogens is 428 g/mol. The van der Waals surface area contributed by atoms with Gasteiger partial charge in [-0.25, -0.2) is 8.42 Å². The minimum absolute atomic E-state index is 0.102. The lowest BCUT2D eigenvalue weighted by molar-refractivity contribution is -0.120. The lowest BCUT2D eigenvalue weighted by Crippen LogP contribution is -2.31. The number of rotatable bonds is 8. The van der Waals surface area contributed by atoms with Crippen molar-refractivity contribution in [2.24, 2.45) is 0 Å². The van der Waals surface area contributed by atoms with Crippen molar-refractivity contribution < 1.29 is 22.7 Å². The summed E-state index contributed by atoms with van der Waals surface area (Å²) in [6, 6.07) is 18.5. The van der Waals surface area contributed by atoms with E-state index in [1.807, 2.05) is 19.9 Å². The number of carbonyl (C=O) groups is 1. The molecule has 0 radical (unpaired) electrons. The van der Waals surface area contributed by atoms with Crippen molar-refractivity contribution in [1.29, 1.82) is 0 Å². The second-order valence-corrected chi connectivity index (χ2v) is 9.08. The Morgan fingerprint density at radius 3 is 2.03 bits per heavy atom. The number of methoxy groups -OCH3 is 1. The minimum Gasteiger partial charge on any atom is -0.497 e. The highest BCUT2D eigenvalue weighted by atomic mass is 32.2. The number of hydrogen-bond acceptors (Lipinski definition) is 5. The van der Waals surface area contributed by atoms with Crippen molar-refractivity contribution in [1.82, 2.24) is 0 Å². The molecule has 0 spiro atoms. The number of carbonyl (C=O) groups excluding carboxylic acids is 1. The standard InChI is InChI=1S/C24H26N2O5S/c1-17-13-18(2)15-19(14-17)25-32(28,29)23-11-9-22(10-12-23)31-16-24(27)26(3)20-5-7-21(30-4)8-6-20/h5-15,25H,16H2,1-4H3. The van der Waals surface area contributed by atoms with Crippen molar-refractivity contribution in [3.63, 3.8) is 0 Å². The van der Waals surface area contributed by atoms with Crippen molar-refractivity contribution in [2.45, 2.75) is 18.7 Å². The van der Waals surface area contributed by atoms with E-state index in [4.69, 9.17) is 9.47 Å². The summed E-state index contributed by atoms with van der Waals surface area (Å²) in [6.45, 7) is 3.63. The number of sulfonamides is 1. The van der Waals surface area contributed by atoms with Crippen molar-refractivity contribution >= 4 is 27.3 Å². The smallest absolute Gasteiger partial charge is 0.264 e. The predicted molar refractivity (Wildman–Crippen MR) is 125 cm³/mol. The second kappa shape index (κ2) is 9.74. The van der Waals surface area contributed by atoms with E-state index in [2.05, 4.69) is 4.72 Å². The Kier molecular flexibility index (Phi) is 7.05. The third kappa shape index (κ3) is 5.79. The maximum atomic E-state index is 12.7. The second-order valence-electron chi connectivity index (χ2n) is 7.39. The summed E-state index contributed by atoms with van der Waals surface area (Å²) < 4.78 is 38.6. The van der Waals surface area contributed by atoms with E-state index < -0.39 is 10.0 Å². The number of hydrogen-bond donors (Lipinski definition) is 1. The molecule has 3 aromatic carbocycles. The van der Waals surface area contributed by atoms with E-state index in [0.29, 0.717) is 22.9 Å². The van der Waals surface area contributed by atoms with Gasteiger partial charge in [0, 0.05) is 18.4 Å². The van der Waals surface area contributed by atoms with Gasteiger partial charge in [-0.2, -0.15) is 0 Å². The first-order valence-electron chi connectivity index (χ1n) is 9.92. The Labute approximate surface area is 188 Å². The quantitative estimate of drug-likeness (QED) is 0.553. The summed E-state index contributed by atoms with van der Waals surface area (Å²) in [5.41, 5.74) is 3.15. The van der Waals surface area contributed by atoms with Crippen molar-refractivity contribution in [2.75, 3.05) is 30.4 Å². The van der Waals surface area contributed by atoms with Crippen LogP contribution in [0.3, 0.4) is 0 Å². The van der Waals surface area contributed by atoms with Crippen LogP contribution in [0.15, 0.2) is 71.6 Å². The molecule has 0 saturated heterocycles. The van der Waals surface area contributed by atoms with Gasteiger partial charge in [0.05, 0.1) is 12.0 Å². The Balaban J connectivity index is 1.61. The number of nitrogens with zero attached hydrogens (tertiary/aromatic N) is 1. The van der Waals surface area contributed by atoms with Crippen molar-refractivity contribution in [3.8, 4) is 11.5 Å². The van der Waals surface area contributed by atoms with E-state index in [1.54, 1.807) is 50.6 Å². The zero-order chi connectivity index (χ0) is 23.3. The summed E-state index contributed by atoms with van der Waals surface area (Å²) in [7, 11) is -0.509. The van der Waals surface area contributed by atoms with E-state index >= 15 is 0 Å². The molecule has 1 N–H and O–H groups in total. The van der Waals surface area contributed by atoms with Gasteiger partial charge >= 0.3 is 0 Å². The highest BCUT2D eigenvalue weighted by molar-refractivity contribution is 7.92. The fourth-order valence-corrected chi connectivity index (χ4v) is 4.19. The molecule has 0 unspecified atom stereocenters. The molecule has 3 aromatic rings. The maximum Gasteiger partial charge on any atom is 0.264 e. The molecule has 1 amide bonds. The third-order valence-corrected chi connectivity index (χ3v) is 6.20. The Morgan fingerprint density at radius 1 is 0.906 bits per heavy atom. The predicted octanol–water partition coefficient (Wildman–Crippen LogP) is 4.15. The van der Waals surface area contributed by atoms with Crippen LogP contribution >= 0.6 is 0 Å². The molecular formula is C24H26N2O5S. The van der Waals surface area contributed by atoms with Gasteiger partial charge in [0.1, 0.15) is 11.5 Å². The van der Waals surface area contributed by atoms with Gasteiger partial charge in [-0.05, 0) is 85.6 Å². The summed E-state index contributed by atoms with van der Waals surface area (Å²) in [5, 5.41) is 0. The third-order valence-electron chi connectivity index (χ3n) is 4.80. The fourth-order valence-electron chi connectivity index (χ4n) is 3.15. The molecule has 0 bridgehead atoms. The van der Waals surface area contributed by atoms with E-state index in [9.17, 15) is 13.2 Å². The first-order valence-corrected chi connectivity index (χ1v) is 11.4. The fraction of sp³-hybridized carbons (Fsp3) is 0.208. The van der Waals surface area contributed by atoms with E-state index in [1.165, 1.54) is 29.2 Å². The summed E-state index contributed by atoms with van der Waals surface area (Å²) >= 11 is 0. The molecule has 7 nitrogen and oxygen atoms in total. The molecule has 0 aromatic heterocycles. The summed E-state index contributed by atoms with van der Waals surface area (Å²) in [5.74, 6) is 0.850. The van der Waals surface area contributed by atoms with Gasteiger partial charge in [-0.1, -0.05) is 6.07 Å². The molecule has 32 heavy (non-hydrogen) atoms. The van der Waals surface area contributed by atoms with Crippen molar-refractivity contribution in [3.05, 3.63) is 77.9 Å². The zero-order valence-corrected chi connectivity index (χ0v) is 19.3. The number of ether oxygens (including phenoxy) is 2. The topological polar surface area (TPSA) is 84.9 Å². The molecule has 3 rings (SSSR count). The number of likely N-dealkylation sites (N-methyl/N-ethyl adjacent to an activating group) is 1. The van der Waals surface area contributed by atoms with Gasteiger partial charge in [0.15, 0.2) is 6.61 Å².